The molecule has 2 heterocycles. The fraction of sp³-hybridized carbons (Fsp3) is 0.444. The zero-order chi connectivity index (χ0) is 39.2. The summed E-state index contributed by atoms with van der Waals surface area (Å²) in [6.45, 7) is 11.3. The number of aryl methyl sites for hydroxylation is 1. The lowest BCUT2D eigenvalue weighted by atomic mass is 10.0. The molecule has 0 aromatic heterocycles. The number of unbranched alkanes of at least 4 members (excludes halogenated alkanes) is 9. The molecule has 0 fully saturated rings. The van der Waals surface area contributed by atoms with Crippen molar-refractivity contribution in [3.05, 3.63) is 101 Å². The molecule has 0 spiro atoms. The highest BCUT2D eigenvalue weighted by Gasteiger charge is 2.38. The fourth-order valence-electron chi connectivity index (χ4n) is 7.18. The molecule has 0 saturated carbocycles. The first-order chi connectivity index (χ1) is 26.6. The van der Waals surface area contributed by atoms with Gasteiger partial charge < -0.3 is 14.5 Å². The number of sulfonamides is 1. The number of nitrogens with one attached hydrogen (secondary N) is 1. The van der Waals surface area contributed by atoms with Gasteiger partial charge in [0.25, 0.3) is 0 Å². The number of nitriles is 1. The number of fused-ring (bicyclic) bond motifs is 1. The van der Waals surface area contributed by atoms with Crippen molar-refractivity contribution in [2.45, 2.75) is 91.9 Å². The predicted octanol–water partition coefficient (Wildman–Crippen LogP) is 9.84. The summed E-state index contributed by atoms with van der Waals surface area (Å²) >= 11 is 0. The summed E-state index contributed by atoms with van der Waals surface area (Å²) in [6.07, 6.45) is 14.2. The molecule has 0 unspecified atom stereocenters. The molecule has 292 valence electrons. The van der Waals surface area contributed by atoms with Crippen LogP contribution in [0.4, 0.5) is 11.4 Å². The number of likely N-dealkylation sites (N-methyl/N-ethyl adjacent to an activating group) is 1. The highest BCUT2D eigenvalue weighted by molar-refractivity contribution is 7.88. The SMILES string of the molecule is CCCCCCCCCCCCOc1ccc(C2=C(C)CN3C(=N2)C(C#N)=C(c2ccccc2)C3=Nc2ccc(N(CC)CCNS(C)(=O)=O)cc2C)cc1. The van der Waals surface area contributed by atoms with Crippen molar-refractivity contribution in [2.24, 2.45) is 9.98 Å². The van der Waals surface area contributed by atoms with Crippen molar-refractivity contribution < 1.29 is 13.2 Å². The number of hydrogen-bond donors (Lipinski definition) is 1. The van der Waals surface area contributed by atoms with Gasteiger partial charge in [-0.15, -0.1) is 0 Å². The number of anilines is 1. The molecular weight excluding hydrogens is 705 g/mol. The van der Waals surface area contributed by atoms with Gasteiger partial charge in [-0.3, -0.25) is 0 Å². The second kappa shape index (κ2) is 20.3. The largest absolute Gasteiger partial charge is 0.494 e. The van der Waals surface area contributed by atoms with Crippen LogP contribution in [0.3, 0.4) is 0 Å². The standard InChI is InChI=1S/C45H58N6O3S/c1-6-8-9-10-11-12-13-14-15-19-30-54-39-25-22-37(23-26-39)43-35(4)33-51-44(49-43)40(32-46)42(36-20-17-16-18-21-36)45(51)48-41-27-24-38(31-34(41)3)50(7-2)29-28-47-55(5,52)53/h16-18,20-27,31,47H,6-15,19,28-30,33H2,1-5H3. The molecule has 0 amide bonds. The maximum absolute atomic E-state index is 11.6. The Morgan fingerprint density at radius 2 is 1.56 bits per heavy atom. The molecule has 10 heteroatoms. The number of nitrogens with zero attached hydrogens (tertiary/aromatic N) is 5. The minimum atomic E-state index is -3.26. The van der Waals surface area contributed by atoms with E-state index < -0.39 is 10.0 Å². The Morgan fingerprint density at radius 1 is 0.891 bits per heavy atom. The number of amidine groups is 2. The minimum absolute atomic E-state index is 0.321. The van der Waals surface area contributed by atoms with Crippen molar-refractivity contribution in [2.75, 3.05) is 43.9 Å². The number of rotatable bonds is 21. The molecule has 5 rings (SSSR count). The summed E-state index contributed by atoms with van der Waals surface area (Å²) in [5.74, 6) is 2.15. The van der Waals surface area contributed by atoms with Crippen molar-refractivity contribution in [1.82, 2.24) is 9.62 Å². The van der Waals surface area contributed by atoms with E-state index in [9.17, 15) is 13.7 Å². The van der Waals surface area contributed by atoms with Crippen molar-refractivity contribution in [3.8, 4) is 11.8 Å². The van der Waals surface area contributed by atoms with Gasteiger partial charge in [-0.25, -0.2) is 23.1 Å². The topological polar surface area (TPSA) is 110 Å². The highest BCUT2D eigenvalue weighted by Crippen LogP contribution is 2.39. The van der Waals surface area contributed by atoms with Crippen LogP contribution in [0, 0.1) is 18.3 Å². The summed E-state index contributed by atoms with van der Waals surface area (Å²) < 4.78 is 31.9. The lowest BCUT2D eigenvalue weighted by molar-refractivity contribution is 0.304. The Kier molecular flexibility index (Phi) is 15.3. The minimum Gasteiger partial charge on any atom is -0.494 e. The zero-order valence-corrected chi connectivity index (χ0v) is 34.2. The van der Waals surface area contributed by atoms with Crippen LogP contribution in [-0.4, -0.2) is 64.0 Å². The van der Waals surface area contributed by atoms with Gasteiger partial charge >= 0.3 is 0 Å². The monoisotopic (exact) mass is 762 g/mol. The van der Waals surface area contributed by atoms with E-state index in [0.717, 1.165) is 70.2 Å². The summed E-state index contributed by atoms with van der Waals surface area (Å²) in [5.41, 5.74) is 7.83. The van der Waals surface area contributed by atoms with Crippen LogP contribution in [0.15, 0.2) is 93.9 Å². The van der Waals surface area contributed by atoms with Crippen molar-refractivity contribution in [1.29, 1.82) is 5.26 Å². The number of benzene rings is 3. The van der Waals surface area contributed by atoms with Gasteiger partial charge in [-0.05, 0) is 86.4 Å². The molecule has 0 bridgehead atoms. The lowest BCUT2D eigenvalue weighted by Crippen LogP contribution is -2.36. The maximum Gasteiger partial charge on any atom is 0.208 e. The molecule has 3 aromatic carbocycles. The van der Waals surface area contributed by atoms with Crippen LogP contribution in [0.25, 0.3) is 11.3 Å². The van der Waals surface area contributed by atoms with E-state index >= 15 is 0 Å². The first kappa shape index (κ1) is 41.4. The van der Waals surface area contributed by atoms with Crippen LogP contribution in [0.1, 0.15) is 102 Å². The first-order valence-corrected chi connectivity index (χ1v) is 21.9. The molecule has 0 saturated heterocycles. The summed E-state index contributed by atoms with van der Waals surface area (Å²) in [6, 6.07) is 26.7. The van der Waals surface area contributed by atoms with E-state index in [-0.39, 0.29) is 0 Å². The van der Waals surface area contributed by atoms with Gasteiger partial charge in [0.1, 0.15) is 23.2 Å². The number of aliphatic imine (C=N–C) groups is 2. The molecule has 9 nitrogen and oxygen atoms in total. The smallest absolute Gasteiger partial charge is 0.208 e. The van der Waals surface area contributed by atoms with Crippen LogP contribution in [0.2, 0.25) is 0 Å². The quantitative estimate of drug-likeness (QED) is 0.108. The Labute approximate surface area is 329 Å². The molecule has 0 atom stereocenters. The van der Waals surface area contributed by atoms with Crippen LogP contribution in [0.5, 0.6) is 5.75 Å². The molecule has 1 N–H and O–H groups in total. The molecular formula is C45H58N6O3S. The van der Waals surface area contributed by atoms with Crippen LogP contribution >= 0.6 is 0 Å². The zero-order valence-electron chi connectivity index (χ0n) is 33.4. The van der Waals surface area contributed by atoms with E-state index in [0.29, 0.717) is 36.9 Å². The normalized spacial score (nSPS) is 15.0. The number of hydrogen-bond acceptors (Lipinski definition) is 7. The van der Waals surface area contributed by atoms with E-state index in [4.69, 9.17) is 14.7 Å². The van der Waals surface area contributed by atoms with Gasteiger partial charge in [0, 0.05) is 43.0 Å². The van der Waals surface area contributed by atoms with Gasteiger partial charge in [-0.2, -0.15) is 5.26 Å². The predicted molar refractivity (Wildman–Crippen MR) is 228 cm³/mol. The van der Waals surface area contributed by atoms with E-state index in [2.05, 4.69) is 52.6 Å². The second-order valence-electron chi connectivity index (χ2n) is 14.6. The van der Waals surface area contributed by atoms with Crippen LogP contribution in [-0.2, 0) is 10.0 Å². The van der Waals surface area contributed by atoms with Crippen molar-refractivity contribution >= 4 is 44.3 Å². The summed E-state index contributed by atoms with van der Waals surface area (Å²) in [5, 5.41) is 10.6. The molecule has 2 aliphatic heterocycles. The van der Waals surface area contributed by atoms with Crippen LogP contribution < -0.4 is 14.4 Å². The van der Waals surface area contributed by atoms with Crippen molar-refractivity contribution in [3.63, 3.8) is 0 Å². The lowest BCUT2D eigenvalue weighted by Gasteiger charge is -2.27. The van der Waals surface area contributed by atoms with Gasteiger partial charge in [0.05, 0.1) is 24.2 Å². The summed E-state index contributed by atoms with van der Waals surface area (Å²) in [7, 11) is -3.26. The Bertz CT molecular complexity index is 2030. The first-order valence-electron chi connectivity index (χ1n) is 20.0. The fourth-order valence-corrected chi connectivity index (χ4v) is 7.65. The van der Waals surface area contributed by atoms with Gasteiger partial charge in [0.2, 0.25) is 10.0 Å². The molecule has 0 aliphatic carbocycles. The maximum atomic E-state index is 11.6. The summed E-state index contributed by atoms with van der Waals surface area (Å²) in [4.78, 5) is 14.6. The van der Waals surface area contributed by atoms with Gasteiger partial charge in [-0.1, -0.05) is 95.0 Å². The second-order valence-corrected chi connectivity index (χ2v) is 16.4. The molecule has 0 radical (unpaired) electrons. The van der Waals surface area contributed by atoms with E-state index in [1.165, 1.54) is 64.0 Å². The van der Waals surface area contributed by atoms with E-state index in [1.807, 2.05) is 68.4 Å². The molecule has 3 aromatic rings. The third-order valence-electron chi connectivity index (χ3n) is 10.2. The van der Waals surface area contributed by atoms with Gasteiger partial charge in [0.15, 0.2) is 5.84 Å². The molecule has 55 heavy (non-hydrogen) atoms. The Hall–Kier alpha value is -4.72. The third kappa shape index (κ3) is 11.4. The Morgan fingerprint density at radius 3 is 2.18 bits per heavy atom. The Balaban J connectivity index is 1.31. The van der Waals surface area contributed by atoms with E-state index in [1.54, 1.807) is 0 Å². The highest BCUT2D eigenvalue weighted by atomic mass is 32.2. The third-order valence-corrected chi connectivity index (χ3v) is 10.9. The average Bonchev–Trinajstić information content (AvgIpc) is 3.47. The molecule has 2 aliphatic rings. The average molecular weight is 763 g/mol. The number of ether oxygens (including phenoxy) is 1.